The summed E-state index contributed by atoms with van der Waals surface area (Å²) in [5.41, 5.74) is 2.30. The van der Waals surface area contributed by atoms with E-state index in [0.29, 0.717) is 34.5 Å². The third-order valence-corrected chi connectivity index (χ3v) is 4.80. The lowest BCUT2D eigenvalue weighted by molar-refractivity contribution is -0.115. The van der Waals surface area contributed by atoms with Crippen molar-refractivity contribution in [1.29, 1.82) is 5.26 Å². The van der Waals surface area contributed by atoms with Crippen LogP contribution in [0, 0.1) is 11.3 Å². The number of rotatable bonds is 6. The maximum atomic E-state index is 13.0. The molecule has 1 unspecified atom stereocenters. The van der Waals surface area contributed by atoms with Gasteiger partial charge in [-0.15, -0.1) is 0 Å². The molecule has 2 aromatic rings. The molecular weight excluding hydrogens is 411 g/mol. The summed E-state index contributed by atoms with van der Waals surface area (Å²) in [7, 11) is 0. The van der Waals surface area contributed by atoms with Crippen LogP contribution in [0.2, 0.25) is 0 Å². The van der Waals surface area contributed by atoms with Gasteiger partial charge in [-0.05, 0) is 57.0 Å². The molecule has 1 heterocycles. The third kappa shape index (κ3) is 5.70. The number of hydrogen-bond acceptors (Lipinski definition) is 6. The van der Waals surface area contributed by atoms with Crippen LogP contribution in [0.5, 0.6) is 0 Å². The maximum absolute atomic E-state index is 13.0. The van der Waals surface area contributed by atoms with Crippen molar-refractivity contribution in [1.82, 2.24) is 10.3 Å². The van der Waals surface area contributed by atoms with Crippen molar-refractivity contribution < 1.29 is 18.7 Å². The normalized spacial score (nSPS) is 14.7. The van der Waals surface area contributed by atoms with Crippen LogP contribution < -0.4 is 10.6 Å². The van der Waals surface area contributed by atoms with Gasteiger partial charge in [-0.3, -0.25) is 9.78 Å². The summed E-state index contributed by atoms with van der Waals surface area (Å²) in [6.45, 7) is 4.56. The Morgan fingerprint density at radius 3 is 2.59 bits per heavy atom. The van der Waals surface area contributed by atoms with Crippen molar-refractivity contribution in [2.75, 3.05) is 5.32 Å². The topological polar surface area (TPSA) is 104 Å². The van der Waals surface area contributed by atoms with E-state index >= 15 is 0 Å². The number of allylic oxidation sites excluding steroid dienone is 1. The van der Waals surface area contributed by atoms with Gasteiger partial charge in [0.05, 0.1) is 23.4 Å². The average molecular weight is 436 g/mol. The van der Waals surface area contributed by atoms with Crippen LogP contribution >= 0.6 is 0 Å². The van der Waals surface area contributed by atoms with Crippen LogP contribution in [0.4, 0.5) is 14.9 Å². The number of Topliss-reactive ketones (excluding diaryl/α,β-unsaturated/α-hetero) is 1. The minimum absolute atomic E-state index is 0.113. The van der Waals surface area contributed by atoms with E-state index in [9.17, 15) is 14.0 Å². The summed E-state index contributed by atoms with van der Waals surface area (Å²) >= 11 is 0. The molecule has 0 fully saturated rings. The molecule has 1 aliphatic rings. The van der Waals surface area contributed by atoms with E-state index in [0.717, 1.165) is 0 Å². The lowest BCUT2D eigenvalue weighted by Crippen LogP contribution is -2.36. The molecule has 3 rings (SSSR count). The van der Waals surface area contributed by atoms with Gasteiger partial charge >= 0.3 is 6.09 Å². The SMILES string of the molecule is CC(C)(C)OC(=O)NC(C1=C(Nc2ccnc(CF)c2)CCC1=O)c1ccc(C#N)cc1. The molecule has 0 aliphatic heterocycles. The third-order valence-electron chi connectivity index (χ3n) is 4.80. The number of nitriles is 1. The fraction of sp³-hybridized carbons (Fsp3) is 0.333. The number of nitrogens with one attached hydrogen (secondary N) is 2. The van der Waals surface area contributed by atoms with E-state index in [1.807, 2.05) is 0 Å². The summed E-state index contributed by atoms with van der Waals surface area (Å²) in [5, 5.41) is 15.1. The van der Waals surface area contributed by atoms with E-state index in [-0.39, 0.29) is 17.9 Å². The molecule has 32 heavy (non-hydrogen) atoms. The fourth-order valence-corrected chi connectivity index (χ4v) is 3.44. The van der Waals surface area contributed by atoms with E-state index in [2.05, 4.69) is 21.7 Å². The van der Waals surface area contributed by atoms with Crippen molar-refractivity contribution >= 4 is 17.6 Å². The summed E-state index contributed by atoms with van der Waals surface area (Å²) in [6.07, 6.45) is 1.55. The van der Waals surface area contributed by atoms with Gasteiger partial charge in [0, 0.05) is 29.6 Å². The Labute approximate surface area is 186 Å². The lowest BCUT2D eigenvalue weighted by Gasteiger charge is -2.25. The zero-order valence-electron chi connectivity index (χ0n) is 18.2. The van der Waals surface area contributed by atoms with Crippen LogP contribution in [-0.4, -0.2) is 22.5 Å². The number of hydrogen-bond donors (Lipinski definition) is 2. The number of carbonyl (C=O) groups excluding carboxylic acids is 2. The van der Waals surface area contributed by atoms with Gasteiger partial charge in [0.15, 0.2) is 5.78 Å². The number of aromatic nitrogens is 1. The van der Waals surface area contributed by atoms with E-state index in [4.69, 9.17) is 10.00 Å². The first kappa shape index (κ1) is 22.9. The Morgan fingerprint density at radius 2 is 1.97 bits per heavy atom. The number of carbonyl (C=O) groups is 2. The molecule has 0 saturated heterocycles. The second kappa shape index (κ2) is 9.60. The number of amides is 1. The highest BCUT2D eigenvalue weighted by Gasteiger charge is 2.33. The first-order chi connectivity index (χ1) is 15.2. The number of anilines is 1. The van der Waals surface area contributed by atoms with Gasteiger partial charge < -0.3 is 15.4 Å². The van der Waals surface area contributed by atoms with Crippen LogP contribution in [0.3, 0.4) is 0 Å². The summed E-state index contributed by atoms with van der Waals surface area (Å²) in [6, 6.07) is 11.2. The highest BCUT2D eigenvalue weighted by Crippen LogP contribution is 2.34. The van der Waals surface area contributed by atoms with Gasteiger partial charge in [0.25, 0.3) is 0 Å². The smallest absolute Gasteiger partial charge is 0.408 e. The van der Waals surface area contributed by atoms with Gasteiger partial charge in [0.1, 0.15) is 12.3 Å². The summed E-state index contributed by atoms with van der Waals surface area (Å²) < 4.78 is 18.4. The molecule has 0 spiro atoms. The van der Waals surface area contributed by atoms with E-state index < -0.39 is 24.4 Å². The van der Waals surface area contributed by atoms with Gasteiger partial charge in [-0.25, -0.2) is 9.18 Å². The molecule has 7 nitrogen and oxygen atoms in total. The second-order valence-corrected chi connectivity index (χ2v) is 8.42. The predicted octanol–water partition coefficient (Wildman–Crippen LogP) is 4.72. The summed E-state index contributed by atoms with van der Waals surface area (Å²) in [4.78, 5) is 29.4. The van der Waals surface area contributed by atoms with Crippen molar-refractivity contribution in [3.8, 4) is 6.07 Å². The Bertz CT molecular complexity index is 1080. The maximum Gasteiger partial charge on any atom is 0.408 e. The number of alkyl halides is 1. The molecule has 1 atom stereocenters. The van der Waals surface area contributed by atoms with Gasteiger partial charge in [0.2, 0.25) is 0 Å². The molecule has 1 amide bonds. The number of pyridine rings is 1. The Morgan fingerprint density at radius 1 is 1.25 bits per heavy atom. The molecular formula is C24H25FN4O3. The lowest BCUT2D eigenvalue weighted by atomic mass is 9.95. The highest BCUT2D eigenvalue weighted by atomic mass is 19.1. The van der Waals surface area contributed by atoms with Crippen molar-refractivity contribution in [3.05, 3.63) is 70.7 Å². The quantitative estimate of drug-likeness (QED) is 0.679. The Hall–Kier alpha value is -3.73. The van der Waals surface area contributed by atoms with E-state index in [1.54, 1.807) is 57.2 Å². The van der Waals surface area contributed by atoms with E-state index in [1.165, 1.54) is 6.20 Å². The monoisotopic (exact) mass is 436 g/mol. The van der Waals surface area contributed by atoms with Gasteiger partial charge in [-0.2, -0.15) is 5.26 Å². The molecule has 0 bridgehead atoms. The predicted molar refractivity (Wildman–Crippen MR) is 117 cm³/mol. The fourth-order valence-electron chi connectivity index (χ4n) is 3.44. The minimum atomic E-state index is -0.780. The largest absolute Gasteiger partial charge is 0.444 e. The number of halogens is 1. The molecule has 8 heteroatoms. The number of ether oxygens (including phenoxy) is 1. The molecule has 2 N–H and O–H groups in total. The average Bonchev–Trinajstić information content (AvgIpc) is 3.10. The van der Waals surface area contributed by atoms with Crippen LogP contribution in [0.15, 0.2) is 53.9 Å². The standard InChI is InChI=1S/C24H25FN4O3/c1-24(2,3)32-23(31)29-22(16-6-4-15(14-26)5-7-16)21-19(8-9-20(21)30)28-17-10-11-27-18(12-17)13-25/h4-7,10-12,22H,8-9,13H2,1-3H3,(H,27,28)(H,29,31). The first-order valence-electron chi connectivity index (χ1n) is 10.2. The van der Waals surface area contributed by atoms with Crippen LogP contribution in [0.25, 0.3) is 0 Å². The minimum Gasteiger partial charge on any atom is -0.444 e. The molecule has 0 radical (unpaired) electrons. The number of alkyl carbamates (subject to hydrolysis) is 1. The zero-order valence-corrected chi connectivity index (χ0v) is 18.2. The molecule has 1 aromatic carbocycles. The van der Waals surface area contributed by atoms with Crippen molar-refractivity contribution in [2.24, 2.45) is 0 Å². The Kier molecular flexibility index (Phi) is 6.89. The molecule has 1 aromatic heterocycles. The van der Waals surface area contributed by atoms with Crippen molar-refractivity contribution in [3.63, 3.8) is 0 Å². The summed E-state index contributed by atoms with van der Waals surface area (Å²) in [5.74, 6) is -0.113. The molecule has 166 valence electrons. The second-order valence-electron chi connectivity index (χ2n) is 8.42. The zero-order chi connectivity index (χ0) is 23.3. The Balaban J connectivity index is 2.00. The molecule has 1 aliphatic carbocycles. The number of nitrogens with zero attached hydrogens (tertiary/aromatic N) is 2. The van der Waals surface area contributed by atoms with Gasteiger partial charge in [-0.1, -0.05) is 12.1 Å². The number of ketones is 1. The highest BCUT2D eigenvalue weighted by molar-refractivity contribution is 6.01. The van der Waals surface area contributed by atoms with Crippen LogP contribution in [0.1, 0.15) is 56.5 Å². The molecule has 0 saturated carbocycles. The first-order valence-corrected chi connectivity index (χ1v) is 10.2. The van der Waals surface area contributed by atoms with Crippen LogP contribution in [-0.2, 0) is 16.2 Å². The van der Waals surface area contributed by atoms with Crippen molar-refractivity contribution in [2.45, 2.75) is 51.9 Å². The number of benzene rings is 1.